The van der Waals surface area contributed by atoms with Gasteiger partial charge >= 0.3 is 0 Å². The molecule has 0 spiro atoms. The van der Waals surface area contributed by atoms with Crippen molar-refractivity contribution in [2.24, 2.45) is 5.73 Å². The number of aliphatic hydroxyl groups is 1. The maximum Gasteiger partial charge on any atom is 0.270 e. The van der Waals surface area contributed by atoms with E-state index in [2.05, 4.69) is 15.3 Å². The highest BCUT2D eigenvalue weighted by Gasteiger charge is 2.26. The van der Waals surface area contributed by atoms with Crippen LogP contribution in [-0.4, -0.2) is 39.0 Å². The van der Waals surface area contributed by atoms with Crippen LogP contribution in [0.4, 0.5) is 0 Å². The van der Waals surface area contributed by atoms with Gasteiger partial charge in [0.25, 0.3) is 5.91 Å². The molecule has 7 heteroatoms. The molecule has 0 bridgehead atoms. The number of aliphatic hydroxyl groups excluding tert-OH is 1. The second-order valence-corrected chi connectivity index (χ2v) is 4.71. The van der Waals surface area contributed by atoms with Crippen LogP contribution in [0.3, 0.4) is 0 Å². The highest BCUT2D eigenvalue weighted by Crippen LogP contribution is 2.07. The SMILES string of the molecule is NC(=O)C(O)C(Cc1ccccc1)NC(=O)c1ccncn1. The molecule has 114 valence electrons. The number of aromatic nitrogens is 2. The normalized spacial score (nSPS) is 13.1. The van der Waals surface area contributed by atoms with Crippen molar-refractivity contribution in [3.8, 4) is 0 Å². The molecule has 1 aromatic carbocycles. The second-order valence-electron chi connectivity index (χ2n) is 4.71. The van der Waals surface area contributed by atoms with E-state index in [0.717, 1.165) is 5.56 Å². The van der Waals surface area contributed by atoms with Crippen LogP contribution >= 0.6 is 0 Å². The second kappa shape index (κ2) is 7.28. The molecule has 2 aromatic rings. The van der Waals surface area contributed by atoms with E-state index in [4.69, 9.17) is 5.73 Å². The summed E-state index contributed by atoms with van der Waals surface area (Å²) in [6.45, 7) is 0. The Morgan fingerprint density at radius 2 is 1.95 bits per heavy atom. The van der Waals surface area contributed by atoms with Crippen molar-refractivity contribution in [3.63, 3.8) is 0 Å². The highest BCUT2D eigenvalue weighted by molar-refractivity contribution is 5.93. The van der Waals surface area contributed by atoms with E-state index < -0.39 is 24.0 Å². The first-order chi connectivity index (χ1) is 10.6. The largest absolute Gasteiger partial charge is 0.381 e. The molecule has 7 nitrogen and oxygen atoms in total. The summed E-state index contributed by atoms with van der Waals surface area (Å²) in [6, 6.07) is 9.76. The standard InChI is InChI=1S/C15H16N4O3/c16-14(21)13(20)12(8-10-4-2-1-3-5-10)19-15(22)11-6-7-17-9-18-11/h1-7,9,12-13,20H,8H2,(H2,16,21)(H,19,22). The smallest absolute Gasteiger partial charge is 0.270 e. The first-order valence-corrected chi connectivity index (χ1v) is 6.66. The molecule has 2 amide bonds. The Morgan fingerprint density at radius 1 is 1.23 bits per heavy atom. The van der Waals surface area contributed by atoms with Crippen molar-refractivity contribution < 1.29 is 14.7 Å². The van der Waals surface area contributed by atoms with Gasteiger partial charge in [-0.25, -0.2) is 9.97 Å². The third-order valence-electron chi connectivity index (χ3n) is 3.10. The van der Waals surface area contributed by atoms with E-state index in [1.807, 2.05) is 30.3 Å². The summed E-state index contributed by atoms with van der Waals surface area (Å²) in [7, 11) is 0. The fraction of sp³-hybridized carbons (Fsp3) is 0.200. The first-order valence-electron chi connectivity index (χ1n) is 6.66. The number of carbonyl (C=O) groups is 2. The molecule has 2 rings (SSSR count). The number of hydrogen-bond donors (Lipinski definition) is 3. The average Bonchev–Trinajstić information content (AvgIpc) is 2.55. The van der Waals surface area contributed by atoms with Gasteiger partial charge in [-0.3, -0.25) is 9.59 Å². The third-order valence-corrected chi connectivity index (χ3v) is 3.10. The molecule has 1 aromatic heterocycles. The van der Waals surface area contributed by atoms with Crippen LogP contribution in [0, 0.1) is 0 Å². The van der Waals surface area contributed by atoms with Gasteiger partial charge in [0.1, 0.15) is 12.0 Å². The topological polar surface area (TPSA) is 118 Å². The van der Waals surface area contributed by atoms with Gasteiger partial charge in [0, 0.05) is 6.20 Å². The highest BCUT2D eigenvalue weighted by atomic mass is 16.3. The van der Waals surface area contributed by atoms with Crippen LogP contribution in [0.1, 0.15) is 16.1 Å². The van der Waals surface area contributed by atoms with Gasteiger partial charge in [-0.1, -0.05) is 30.3 Å². The maximum atomic E-state index is 12.1. The van der Waals surface area contributed by atoms with E-state index in [9.17, 15) is 14.7 Å². The molecule has 1 heterocycles. The predicted molar refractivity (Wildman–Crippen MR) is 78.6 cm³/mol. The zero-order valence-electron chi connectivity index (χ0n) is 11.7. The van der Waals surface area contributed by atoms with Crippen LogP contribution in [0.5, 0.6) is 0 Å². The molecule has 0 aliphatic carbocycles. The Labute approximate surface area is 127 Å². The Balaban J connectivity index is 2.14. The van der Waals surface area contributed by atoms with Crippen molar-refractivity contribution in [3.05, 3.63) is 60.2 Å². The van der Waals surface area contributed by atoms with Crippen LogP contribution < -0.4 is 11.1 Å². The number of benzene rings is 1. The number of hydrogen-bond acceptors (Lipinski definition) is 5. The number of primary amides is 1. The van der Waals surface area contributed by atoms with Crippen molar-refractivity contribution in [2.45, 2.75) is 18.6 Å². The zero-order valence-corrected chi connectivity index (χ0v) is 11.7. The lowest BCUT2D eigenvalue weighted by Crippen LogP contribution is -2.50. The van der Waals surface area contributed by atoms with Gasteiger partial charge in [-0.05, 0) is 18.1 Å². The Hall–Kier alpha value is -2.80. The molecule has 4 N–H and O–H groups in total. The maximum absolute atomic E-state index is 12.1. The van der Waals surface area contributed by atoms with E-state index in [1.54, 1.807) is 0 Å². The average molecular weight is 300 g/mol. The lowest BCUT2D eigenvalue weighted by Gasteiger charge is -2.22. The Bertz CT molecular complexity index is 634. The van der Waals surface area contributed by atoms with Crippen LogP contribution in [-0.2, 0) is 11.2 Å². The van der Waals surface area contributed by atoms with Gasteiger partial charge < -0.3 is 16.2 Å². The number of rotatable bonds is 6. The minimum absolute atomic E-state index is 0.143. The van der Waals surface area contributed by atoms with E-state index in [1.165, 1.54) is 18.6 Å². The predicted octanol–water partition coefficient (Wildman–Crippen LogP) is -0.336. The van der Waals surface area contributed by atoms with E-state index >= 15 is 0 Å². The minimum Gasteiger partial charge on any atom is -0.381 e. The first kappa shape index (κ1) is 15.6. The lowest BCUT2D eigenvalue weighted by atomic mass is 10.0. The van der Waals surface area contributed by atoms with Gasteiger partial charge in [0.2, 0.25) is 5.91 Å². The zero-order chi connectivity index (χ0) is 15.9. The van der Waals surface area contributed by atoms with Gasteiger partial charge in [0.15, 0.2) is 6.10 Å². The summed E-state index contributed by atoms with van der Waals surface area (Å²) in [5.74, 6) is -1.41. The number of amides is 2. The molecule has 0 fully saturated rings. The third kappa shape index (κ3) is 4.10. The molecule has 0 aliphatic heterocycles. The summed E-state index contributed by atoms with van der Waals surface area (Å²) >= 11 is 0. The number of nitrogens with two attached hydrogens (primary N) is 1. The van der Waals surface area contributed by atoms with Gasteiger partial charge in [0.05, 0.1) is 6.04 Å². The summed E-state index contributed by atoms with van der Waals surface area (Å²) in [4.78, 5) is 30.9. The summed E-state index contributed by atoms with van der Waals surface area (Å²) < 4.78 is 0. The van der Waals surface area contributed by atoms with Crippen LogP contribution in [0.25, 0.3) is 0 Å². The molecule has 0 saturated carbocycles. The minimum atomic E-state index is -1.49. The molecule has 0 radical (unpaired) electrons. The fourth-order valence-corrected chi connectivity index (χ4v) is 1.98. The van der Waals surface area contributed by atoms with E-state index in [0.29, 0.717) is 0 Å². The van der Waals surface area contributed by atoms with Crippen molar-refractivity contribution in [1.29, 1.82) is 0 Å². The molecule has 0 saturated heterocycles. The van der Waals surface area contributed by atoms with Crippen molar-refractivity contribution >= 4 is 11.8 Å². The van der Waals surface area contributed by atoms with Crippen LogP contribution in [0.15, 0.2) is 48.9 Å². The molecular weight excluding hydrogens is 284 g/mol. The lowest BCUT2D eigenvalue weighted by molar-refractivity contribution is -0.127. The molecule has 2 atom stereocenters. The Morgan fingerprint density at radius 3 is 2.55 bits per heavy atom. The quantitative estimate of drug-likeness (QED) is 0.674. The van der Waals surface area contributed by atoms with Crippen molar-refractivity contribution in [2.75, 3.05) is 0 Å². The van der Waals surface area contributed by atoms with E-state index in [-0.39, 0.29) is 12.1 Å². The van der Waals surface area contributed by atoms with Crippen LogP contribution in [0.2, 0.25) is 0 Å². The molecular formula is C15H16N4O3. The fourth-order valence-electron chi connectivity index (χ4n) is 1.98. The summed E-state index contributed by atoms with van der Waals surface area (Å²) in [6.07, 6.45) is 1.44. The summed E-state index contributed by atoms with van der Waals surface area (Å²) in [5.41, 5.74) is 6.14. The van der Waals surface area contributed by atoms with Crippen molar-refractivity contribution in [1.82, 2.24) is 15.3 Å². The number of carbonyl (C=O) groups excluding carboxylic acids is 2. The monoisotopic (exact) mass is 300 g/mol. The van der Waals surface area contributed by atoms with Gasteiger partial charge in [-0.2, -0.15) is 0 Å². The molecule has 0 aliphatic rings. The number of nitrogens with zero attached hydrogens (tertiary/aromatic N) is 2. The Kier molecular flexibility index (Phi) is 5.16. The molecule has 2 unspecified atom stereocenters. The van der Waals surface area contributed by atoms with Gasteiger partial charge in [-0.15, -0.1) is 0 Å². The summed E-state index contributed by atoms with van der Waals surface area (Å²) in [5, 5.41) is 12.5. The number of nitrogens with one attached hydrogen (secondary N) is 1. The molecule has 22 heavy (non-hydrogen) atoms.